The van der Waals surface area contributed by atoms with Crippen LogP contribution in [-0.4, -0.2) is 35.4 Å². The lowest BCUT2D eigenvalue weighted by Gasteiger charge is -2.31. The third-order valence-corrected chi connectivity index (χ3v) is 6.75. The maximum atomic E-state index is 13.4. The maximum Gasteiger partial charge on any atom is 0.261 e. The zero-order chi connectivity index (χ0) is 24.0. The summed E-state index contributed by atoms with van der Waals surface area (Å²) in [6.07, 6.45) is 5.32. The number of carbonyl (C=O) groups excluding carboxylic acids is 2. The summed E-state index contributed by atoms with van der Waals surface area (Å²) < 4.78 is 19.1. The van der Waals surface area contributed by atoms with E-state index in [4.69, 9.17) is 16.3 Å². The molecule has 2 aromatic rings. The van der Waals surface area contributed by atoms with E-state index in [0.717, 1.165) is 42.4 Å². The molecular weight excluding hydrogens is 443 g/mol. The molecule has 2 aromatic carbocycles. The highest BCUT2D eigenvalue weighted by Crippen LogP contribution is 2.26. The Kier molecular flexibility index (Phi) is 8.73. The molecule has 7 heteroatoms. The molecule has 0 saturated heterocycles. The topological polar surface area (TPSA) is 58.6 Å². The van der Waals surface area contributed by atoms with Gasteiger partial charge in [-0.2, -0.15) is 0 Å². The van der Waals surface area contributed by atoms with Crippen molar-refractivity contribution < 1.29 is 18.7 Å². The first-order valence-corrected chi connectivity index (χ1v) is 11.9. The van der Waals surface area contributed by atoms with Gasteiger partial charge in [0.1, 0.15) is 17.6 Å². The van der Waals surface area contributed by atoms with Crippen LogP contribution in [0.1, 0.15) is 55.7 Å². The molecule has 1 N–H and O–H groups in total. The third-order valence-electron chi connectivity index (χ3n) is 6.16. The number of nitrogens with zero attached hydrogens (tertiary/aromatic N) is 1. The molecule has 2 amide bonds. The summed E-state index contributed by atoms with van der Waals surface area (Å²) in [5.41, 5.74) is 2.46. The van der Waals surface area contributed by atoms with Gasteiger partial charge >= 0.3 is 0 Å². The number of hydrogen-bond acceptors (Lipinski definition) is 3. The fourth-order valence-electron chi connectivity index (χ4n) is 4.16. The van der Waals surface area contributed by atoms with Crippen molar-refractivity contribution in [3.05, 3.63) is 63.9 Å². The van der Waals surface area contributed by atoms with E-state index in [1.165, 1.54) is 23.5 Å². The second kappa shape index (κ2) is 11.5. The molecule has 1 saturated carbocycles. The van der Waals surface area contributed by atoms with Crippen molar-refractivity contribution in [3.8, 4) is 5.75 Å². The van der Waals surface area contributed by atoms with E-state index in [1.807, 2.05) is 13.8 Å². The highest BCUT2D eigenvalue weighted by molar-refractivity contribution is 6.32. The van der Waals surface area contributed by atoms with E-state index in [1.54, 1.807) is 31.2 Å². The fraction of sp³-hybridized carbons (Fsp3) is 0.462. The third kappa shape index (κ3) is 6.94. The smallest absolute Gasteiger partial charge is 0.261 e. The predicted molar refractivity (Wildman–Crippen MR) is 128 cm³/mol. The fourth-order valence-corrected chi connectivity index (χ4v) is 4.26. The van der Waals surface area contributed by atoms with Crippen LogP contribution in [0.25, 0.3) is 0 Å². The first-order chi connectivity index (χ1) is 15.7. The molecule has 0 heterocycles. The number of aryl methyl sites for hydroxylation is 2. The highest BCUT2D eigenvalue weighted by atomic mass is 35.5. The predicted octanol–water partition coefficient (Wildman–Crippen LogP) is 5.34. The summed E-state index contributed by atoms with van der Waals surface area (Å²) in [6.45, 7) is 5.43. The monoisotopic (exact) mass is 474 g/mol. The van der Waals surface area contributed by atoms with Crippen molar-refractivity contribution >= 4 is 23.4 Å². The molecule has 1 fully saturated rings. The van der Waals surface area contributed by atoms with Gasteiger partial charge in [0.25, 0.3) is 5.91 Å². The number of halogens is 2. The number of hydrogen-bond donors (Lipinski definition) is 1. The van der Waals surface area contributed by atoms with E-state index in [9.17, 15) is 14.0 Å². The van der Waals surface area contributed by atoms with E-state index >= 15 is 0 Å². The van der Waals surface area contributed by atoms with Crippen LogP contribution in [0.5, 0.6) is 5.75 Å². The molecule has 0 aliphatic heterocycles. The molecule has 0 aromatic heterocycles. The van der Waals surface area contributed by atoms with Gasteiger partial charge in [-0.15, -0.1) is 0 Å². The standard InChI is InChI=1S/C26H32ClFN2O3/c1-17-13-23(14-18(2)25(17)27)33-16-24(31)30(15-20-9-11-21(28)12-10-20)19(3)26(32)29-22-7-5-4-6-8-22/h9-14,19,22H,4-8,15-16H2,1-3H3,(H,29,32)/t19-/m1/s1. The number of benzene rings is 2. The number of carbonyl (C=O) groups is 2. The van der Waals surface area contributed by atoms with Gasteiger partial charge in [-0.3, -0.25) is 9.59 Å². The molecular formula is C26H32ClFN2O3. The quantitative estimate of drug-likeness (QED) is 0.561. The van der Waals surface area contributed by atoms with Crippen LogP contribution in [0.4, 0.5) is 4.39 Å². The first kappa shape index (κ1) is 25.0. The summed E-state index contributed by atoms with van der Waals surface area (Å²) in [5, 5.41) is 3.76. The van der Waals surface area contributed by atoms with Crippen LogP contribution < -0.4 is 10.1 Å². The van der Waals surface area contributed by atoms with Gasteiger partial charge in [0.15, 0.2) is 6.61 Å². The van der Waals surface area contributed by atoms with Crippen molar-refractivity contribution in [2.45, 2.75) is 71.5 Å². The zero-order valence-corrected chi connectivity index (χ0v) is 20.3. The van der Waals surface area contributed by atoms with Crippen molar-refractivity contribution in [1.82, 2.24) is 10.2 Å². The average Bonchev–Trinajstić information content (AvgIpc) is 2.80. The summed E-state index contributed by atoms with van der Waals surface area (Å²) in [6, 6.07) is 8.95. The number of rotatable bonds is 8. The Bertz CT molecular complexity index is 951. The summed E-state index contributed by atoms with van der Waals surface area (Å²) in [4.78, 5) is 27.7. The Morgan fingerprint density at radius 3 is 2.33 bits per heavy atom. The second-order valence-corrected chi connectivity index (χ2v) is 9.21. The van der Waals surface area contributed by atoms with Gasteiger partial charge < -0.3 is 15.0 Å². The van der Waals surface area contributed by atoms with Crippen LogP contribution >= 0.6 is 11.6 Å². The van der Waals surface area contributed by atoms with Crippen molar-refractivity contribution in [2.75, 3.05) is 6.61 Å². The molecule has 1 aliphatic carbocycles. The van der Waals surface area contributed by atoms with E-state index in [-0.39, 0.29) is 36.8 Å². The Morgan fingerprint density at radius 1 is 1.12 bits per heavy atom. The Balaban J connectivity index is 1.72. The minimum atomic E-state index is -0.693. The number of ether oxygens (including phenoxy) is 1. The molecule has 1 aliphatic rings. The lowest BCUT2D eigenvalue weighted by atomic mass is 9.95. The van der Waals surface area contributed by atoms with Crippen LogP contribution in [0, 0.1) is 19.7 Å². The molecule has 0 unspecified atom stereocenters. The van der Waals surface area contributed by atoms with E-state index in [0.29, 0.717) is 10.8 Å². The Hall–Kier alpha value is -2.60. The zero-order valence-electron chi connectivity index (χ0n) is 19.5. The van der Waals surface area contributed by atoms with Crippen molar-refractivity contribution in [2.24, 2.45) is 0 Å². The van der Waals surface area contributed by atoms with Gasteiger partial charge in [0.05, 0.1) is 0 Å². The van der Waals surface area contributed by atoms with Crippen LogP contribution in [0.3, 0.4) is 0 Å². The Morgan fingerprint density at radius 2 is 1.73 bits per heavy atom. The average molecular weight is 475 g/mol. The van der Waals surface area contributed by atoms with E-state index in [2.05, 4.69) is 5.32 Å². The van der Waals surface area contributed by atoms with Gasteiger partial charge in [0.2, 0.25) is 5.91 Å². The van der Waals surface area contributed by atoms with Crippen molar-refractivity contribution in [1.29, 1.82) is 0 Å². The summed E-state index contributed by atoms with van der Waals surface area (Å²) >= 11 is 6.22. The second-order valence-electron chi connectivity index (χ2n) is 8.83. The Labute approximate surface area is 200 Å². The molecule has 33 heavy (non-hydrogen) atoms. The lowest BCUT2D eigenvalue weighted by molar-refractivity contribution is -0.142. The van der Waals surface area contributed by atoms with E-state index < -0.39 is 6.04 Å². The minimum absolute atomic E-state index is 0.146. The molecule has 3 rings (SSSR count). The molecule has 178 valence electrons. The minimum Gasteiger partial charge on any atom is -0.484 e. The SMILES string of the molecule is Cc1cc(OCC(=O)N(Cc2ccc(F)cc2)[C@H](C)C(=O)NC2CCCCC2)cc(C)c1Cl. The largest absolute Gasteiger partial charge is 0.484 e. The normalized spacial score (nSPS) is 15.1. The van der Waals surface area contributed by atoms with Crippen LogP contribution in [0.15, 0.2) is 36.4 Å². The highest BCUT2D eigenvalue weighted by Gasteiger charge is 2.28. The number of amides is 2. The number of nitrogens with one attached hydrogen (secondary N) is 1. The lowest BCUT2D eigenvalue weighted by Crippen LogP contribution is -2.51. The van der Waals surface area contributed by atoms with Crippen molar-refractivity contribution in [3.63, 3.8) is 0 Å². The summed E-state index contributed by atoms with van der Waals surface area (Å²) in [7, 11) is 0. The molecule has 0 spiro atoms. The molecule has 1 atom stereocenters. The van der Waals surface area contributed by atoms with Gasteiger partial charge in [0, 0.05) is 17.6 Å². The van der Waals surface area contributed by atoms with Crippen LogP contribution in [0.2, 0.25) is 5.02 Å². The van der Waals surface area contributed by atoms with Gasteiger partial charge in [-0.05, 0) is 74.6 Å². The van der Waals surface area contributed by atoms with Gasteiger partial charge in [-0.25, -0.2) is 4.39 Å². The first-order valence-electron chi connectivity index (χ1n) is 11.5. The summed E-state index contributed by atoms with van der Waals surface area (Å²) in [5.74, 6) is -0.313. The van der Waals surface area contributed by atoms with Crippen LogP contribution in [-0.2, 0) is 16.1 Å². The maximum absolute atomic E-state index is 13.4. The molecule has 0 radical (unpaired) electrons. The molecule has 5 nitrogen and oxygen atoms in total. The van der Waals surface area contributed by atoms with Gasteiger partial charge in [-0.1, -0.05) is 43.0 Å². The molecule has 0 bridgehead atoms.